The number of rotatable bonds is 3. The first-order valence-electron chi connectivity index (χ1n) is 6.92. The van der Waals surface area contributed by atoms with Gasteiger partial charge in [0.25, 0.3) is 5.91 Å². The molecule has 0 aliphatic carbocycles. The highest BCUT2D eigenvalue weighted by atomic mass is 79.9. The molecule has 1 atom stereocenters. The second-order valence-corrected chi connectivity index (χ2v) is 6.18. The van der Waals surface area contributed by atoms with Crippen LogP contribution in [0.5, 0.6) is 0 Å². The summed E-state index contributed by atoms with van der Waals surface area (Å²) in [4.78, 5) is 27.2. The van der Waals surface area contributed by atoms with Gasteiger partial charge in [0, 0.05) is 30.7 Å². The summed E-state index contributed by atoms with van der Waals surface area (Å²) in [6.07, 6.45) is 0. The number of carboxylic acid groups (broad SMARTS) is 1. The van der Waals surface area contributed by atoms with Crippen molar-refractivity contribution in [2.75, 3.05) is 26.2 Å². The van der Waals surface area contributed by atoms with Crippen LogP contribution < -0.4 is 0 Å². The van der Waals surface area contributed by atoms with Gasteiger partial charge in [0.2, 0.25) is 0 Å². The summed E-state index contributed by atoms with van der Waals surface area (Å²) in [5, 5.41) is 9.03. The van der Waals surface area contributed by atoms with E-state index in [9.17, 15) is 9.59 Å². The van der Waals surface area contributed by atoms with Gasteiger partial charge in [-0.15, -0.1) is 0 Å². The maximum Gasteiger partial charge on any atom is 0.320 e. The van der Waals surface area contributed by atoms with Crippen molar-refractivity contribution in [2.45, 2.75) is 19.9 Å². The first kappa shape index (κ1) is 16.0. The van der Waals surface area contributed by atoms with Crippen LogP contribution in [-0.4, -0.2) is 59.0 Å². The van der Waals surface area contributed by atoms with Crippen molar-refractivity contribution in [3.8, 4) is 0 Å². The lowest BCUT2D eigenvalue weighted by Crippen LogP contribution is -2.53. The van der Waals surface area contributed by atoms with Gasteiger partial charge in [0.15, 0.2) is 0 Å². The van der Waals surface area contributed by atoms with Crippen molar-refractivity contribution in [1.29, 1.82) is 0 Å². The van der Waals surface area contributed by atoms with E-state index in [-0.39, 0.29) is 5.91 Å². The molecule has 1 saturated heterocycles. The lowest BCUT2D eigenvalue weighted by Gasteiger charge is -2.36. The van der Waals surface area contributed by atoms with Crippen LogP contribution in [0.2, 0.25) is 0 Å². The van der Waals surface area contributed by atoms with E-state index < -0.39 is 12.0 Å². The largest absolute Gasteiger partial charge is 0.480 e. The molecule has 0 spiro atoms. The van der Waals surface area contributed by atoms with Crippen LogP contribution in [0.4, 0.5) is 0 Å². The average Bonchev–Trinajstić information content (AvgIpc) is 2.48. The summed E-state index contributed by atoms with van der Waals surface area (Å²) in [6, 6.07) is 5.20. The first-order valence-corrected chi connectivity index (χ1v) is 7.71. The van der Waals surface area contributed by atoms with Crippen molar-refractivity contribution in [1.82, 2.24) is 9.80 Å². The molecule has 2 rings (SSSR count). The van der Waals surface area contributed by atoms with Gasteiger partial charge in [-0.05, 0) is 41.9 Å². The van der Waals surface area contributed by atoms with E-state index >= 15 is 0 Å². The lowest BCUT2D eigenvalue weighted by atomic mass is 10.1. The van der Waals surface area contributed by atoms with Gasteiger partial charge < -0.3 is 10.0 Å². The quantitative estimate of drug-likeness (QED) is 0.901. The molecular weight excluding hydrogens is 336 g/mol. The topological polar surface area (TPSA) is 60.9 Å². The Bertz CT molecular complexity index is 554. The first-order chi connectivity index (χ1) is 9.90. The number of aryl methyl sites for hydroxylation is 1. The van der Waals surface area contributed by atoms with Crippen LogP contribution in [-0.2, 0) is 4.79 Å². The Hall–Kier alpha value is -1.40. The zero-order chi connectivity index (χ0) is 15.6. The molecule has 1 aliphatic rings. The van der Waals surface area contributed by atoms with E-state index in [0.29, 0.717) is 31.7 Å². The Morgan fingerprint density at radius 3 is 2.43 bits per heavy atom. The molecule has 1 unspecified atom stereocenters. The Kier molecular flexibility index (Phi) is 5.00. The number of piperazine rings is 1. The van der Waals surface area contributed by atoms with Gasteiger partial charge in [0.1, 0.15) is 6.04 Å². The molecule has 1 aromatic rings. The fourth-order valence-corrected chi connectivity index (χ4v) is 2.86. The molecule has 0 bridgehead atoms. The van der Waals surface area contributed by atoms with E-state index in [0.717, 1.165) is 10.0 Å². The number of aliphatic carboxylic acids is 1. The third kappa shape index (κ3) is 3.63. The summed E-state index contributed by atoms with van der Waals surface area (Å²) >= 11 is 3.42. The molecule has 0 radical (unpaired) electrons. The van der Waals surface area contributed by atoms with Gasteiger partial charge in [-0.2, -0.15) is 0 Å². The maximum atomic E-state index is 12.5. The molecule has 1 heterocycles. The number of benzene rings is 1. The fraction of sp³-hybridized carbons (Fsp3) is 0.467. The van der Waals surface area contributed by atoms with E-state index in [1.54, 1.807) is 11.8 Å². The predicted molar refractivity (Wildman–Crippen MR) is 83.5 cm³/mol. The summed E-state index contributed by atoms with van der Waals surface area (Å²) in [5.74, 6) is -0.829. The minimum absolute atomic E-state index is 0.00629. The smallest absolute Gasteiger partial charge is 0.320 e. The Morgan fingerprint density at radius 2 is 1.86 bits per heavy atom. The van der Waals surface area contributed by atoms with Crippen molar-refractivity contribution in [2.24, 2.45) is 0 Å². The second kappa shape index (κ2) is 6.58. The van der Waals surface area contributed by atoms with E-state index in [2.05, 4.69) is 15.9 Å². The standard InChI is InChI=1S/C15H19BrN2O3/c1-10-3-4-13(16)12(9-10)14(19)18-7-5-17(6-8-18)11(2)15(20)21/h3-4,9,11H,5-8H2,1-2H3,(H,20,21). The van der Waals surface area contributed by atoms with Gasteiger partial charge in [0.05, 0.1) is 5.56 Å². The molecule has 1 fully saturated rings. The maximum absolute atomic E-state index is 12.5. The van der Waals surface area contributed by atoms with Crippen molar-refractivity contribution in [3.05, 3.63) is 33.8 Å². The number of halogens is 1. The van der Waals surface area contributed by atoms with Gasteiger partial charge in [-0.25, -0.2) is 0 Å². The zero-order valence-electron chi connectivity index (χ0n) is 12.2. The predicted octanol–water partition coefficient (Wildman–Crippen LogP) is 1.99. The number of carbonyl (C=O) groups excluding carboxylic acids is 1. The van der Waals surface area contributed by atoms with Gasteiger partial charge in [-0.3, -0.25) is 14.5 Å². The average molecular weight is 355 g/mol. The van der Waals surface area contributed by atoms with Crippen LogP contribution in [0.3, 0.4) is 0 Å². The van der Waals surface area contributed by atoms with Crippen molar-refractivity contribution in [3.63, 3.8) is 0 Å². The number of amides is 1. The van der Waals surface area contributed by atoms with E-state index in [4.69, 9.17) is 5.11 Å². The summed E-state index contributed by atoms with van der Waals surface area (Å²) in [5.41, 5.74) is 1.70. The minimum Gasteiger partial charge on any atom is -0.480 e. The summed E-state index contributed by atoms with van der Waals surface area (Å²) in [6.45, 7) is 5.91. The molecule has 0 saturated carbocycles. The fourth-order valence-electron chi connectivity index (χ4n) is 2.44. The highest BCUT2D eigenvalue weighted by molar-refractivity contribution is 9.10. The Balaban J connectivity index is 2.03. The summed E-state index contributed by atoms with van der Waals surface area (Å²) < 4.78 is 0.791. The van der Waals surface area contributed by atoms with Crippen molar-refractivity contribution < 1.29 is 14.7 Å². The monoisotopic (exact) mass is 354 g/mol. The Morgan fingerprint density at radius 1 is 1.24 bits per heavy atom. The van der Waals surface area contributed by atoms with Crippen LogP contribution in [0.25, 0.3) is 0 Å². The molecule has 6 heteroatoms. The second-order valence-electron chi connectivity index (χ2n) is 5.33. The minimum atomic E-state index is -0.823. The van der Waals surface area contributed by atoms with Crippen molar-refractivity contribution >= 4 is 27.8 Å². The van der Waals surface area contributed by atoms with Gasteiger partial charge >= 0.3 is 5.97 Å². The van der Waals surface area contributed by atoms with Crippen LogP contribution in [0.1, 0.15) is 22.8 Å². The van der Waals surface area contributed by atoms with E-state index in [1.807, 2.05) is 30.0 Å². The highest BCUT2D eigenvalue weighted by Gasteiger charge is 2.28. The zero-order valence-corrected chi connectivity index (χ0v) is 13.8. The highest BCUT2D eigenvalue weighted by Crippen LogP contribution is 2.21. The number of carboxylic acids is 1. The molecular formula is C15H19BrN2O3. The number of hydrogen-bond acceptors (Lipinski definition) is 3. The molecule has 114 valence electrons. The third-order valence-electron chi connectivity index (χ3n) is 3.86. The number of nitrogens with zero attached hydrogens (tertiary/aromatic N) is 2. The molecule has 1 N–H and O–H groups in total. The molecule has 1 aromatic carbocycles. The van der Waals surface area contributed by atoms with Crippen LogP contribution in [0, 0.1) is 6.92 Å². The van der Waals surface area contributed by atoms with Crippen LogP contribution in [0.15, 0.2) is 22.7 Å². The molecule has 1 aliphatic heterocycles. The molecule has 5 nitrogen and oxygen atoms in total. The molecule has 1 amide bonds. The molecule has 21 heavy (non-hydrogen) atoms. The van der Waals surface area contributed by atoms with E-state index in [1.165, 1.54) is 0 Å². The lowest BCUT2D eigenvalue weighted by molar-refractivity contribution is -0.143. The Labute approximate surface area is 132 Å². The SMILES string of the molecule is Cc1ccc(Br)c(C(=O)N2CCN(C(C)C(=O)O)CC2)c1. The number of hydrogen-bond donors (Lipinski definition) is 1. The third-order valence-corrected chi connectivity index (χ3v) is 4.55. The molecule has 0 aromatic heterocycles. The summed E-state index contributed by atoms with van der Waals surface area (Å²) in [7, 11) is 0. The number of carbonyl (C=O) groups is 2. The normalized spacial score (nSPS) is 17.6. The van der Waals surface area contributed by atoms with Gasteiger partial charge in [-0.1, -0.05) is 11.6 Å². The van der Waals surface area contributed by atoms with Crippen LogP contribution >= 0.6 is 15.9 Å².